The number of aliphatic hydroxyl groups is 4. The third-order valence-electron chi connectivity index (χ3n) is 4.24. The van der Waals surface area contributed by atoms with Crippen LogP contribution in [0.25, 0.3) is 10.4 Å². The van der Waals surface area contributed by atoms with E-state index in [0.717, 1.165) is 16.0 Å². The highest BCUT2D eigenvalue weighted by atomic mass is 32.2. The Labute approximate surface area is 137 Å². The van der Waals surface area contributed by atoms with Gasteiger partial charge in [0.1, 0.15) is 23.7 Å². The molecular formula is C17H21O5S+. The van der Waals surface area contributed by atoms with E-state index in [4.69, 9.17) is 4.74 Å². The Hall–Kier alpha value is -1.28. The molecule has 0 amide bonds. The third kappa shape index (κ3) is 2.94. The van der Waals surface area contributed by atoms with Gasteiger partial charge < -0.3 is 25.2 Å². The van der Waals surface area contributed by atoms with E-state index in [1.807, 2.05) is 48.7 Å². The second-order valence-corrected chi connectivity index (χ2v) is 7.66. The van der Waals surface area contributed by atoms with Crippen molar-refractivity contribution in [3.63, 3.8) is 0 Å². The summed E-state index contributed by atoms with van der Waals surface area (Å²) < 4.78 is 5.72. The van der Waals surface area contributed by atoms with Gasteiger partial charge >= 0.3 is 0 Å². The van der Waals surface area contributed by atoms with E-state index in [9.17, 15) is 20.4 Å². The minimum atomic E-state index is -1.34. The molecule has 1 aromatic heterocycles. The minimum Gasteiger partial charge on any atom is -0.394 e. The molecule has 23 heavy (non-hydrogen) atoms. The maximum absolute atomic E-state index is 10.3. The van der Waals surface area contributed by atoms with Crippen molar-refractivity contribution >= 4 is 10.5 Å². The summed E-state index contributed by atoms with van der Waals surface area (Å²) >= 11 is 0. The summed E-state index contributed by atoms with van der Waals surface area (Å²) in [7, 11) is -0.575. The first kappa shape index (κ1) is 16.6. The summed E-state index contributed by atoms with van der Waals surface area (Å²) in [4.78, 5) is 1.02. The number of hydrogen-bond acceptors (Lipinski definition) is 5. The summed E-state index contributed by atoms with van der Waals surface area (Å²) in [6, 6.07) is 11.8. The molecule has 1 fully saturated rings. The van der Waals surface area contributed by atoms with Crippen LogP contribution >= 0.6 is 10.5 Å². The average molecular weight is 337 g/mol. The minimum absolute atomic E-state index is 0.411. The molecule has 0 aliphatic carbocycles. The Kier molecular flexibility index (Phi) is 4.82. The number of rotatable bonds is 3. The summed E-state index contributed by atoms with van der Waals surface area (Å²) in [5.74, 6) is 0. The topological polar surface area (TPSA) is 90.2 Å². The van der Waals surface area contributed by atoms with Crippen molar-refractivity contribution in [2.45, 2.75) is 36.8 Å². The van der Waals surface area contributed by atoms with E-state index in [2.05, 4.69) is 0 Å². The Morgan fingerprint density at radius 3 is 2.43 bits per heavy atom. The first-order valence-electron chi connectivity index (χ1n) is 7.51. The summed E-state index contributed by atoms with van der Waals surface area (Å²) in [5, 5.41) is 41.6. The van der Waals surface area contributed by atoms with Gasteiger partial charge in [-0.3, -0.25) is 0 Å². The van der Waals surface area contributed by atoms with Crippen LogP contribution in [0.2, 0.25) is 0 Å². The SMILES string of the molecule is Cc1ccccc1-c1ccc[s+]1[C@@H]1O[C@H](CO)[C@@H](O)[C@H](O)[C@H]1O. The highest BCUT2D eigenvalue weighted by Crippen LogP contribution is 2.48. The molecule has 0 bridgehead atoms. The van der Waals surface area contributed by atoms with Crippen LogP contribution < -0.4 is 0 Å². The zero-order valence-electron chi connectivity index (χ0n) is 12.7. The monoisotopic (exact) mass is 337 g/mol. The summed E-state index contributed by atoms with van der Waals surface area (Å²) in [6.45, 7) is 1.61. The summed E-state index contributed by atoms with van der Waals surface area (Å²) in [5.41, 5.74) is 1.48. The number of aliphatic hydroxyl groups excluding tert-OH is 4. The van der Waals surface area contributed by atoms with Crippen molar-refractivity contribution in [2.75, 3.05) is 6.61 Å². The van der Waals surface area contributed by atoms with Gasteiger partial charge in [0.25, 0.3) is 5.44 Å². The van der Waals surface area contributed by atoms with Crippen molar-refractivity contribution in [3.8, 4) is 10.4 Å². The van der Waals surface area contributed by atoms with E-state index < -0.39 is 46.9 Å². The molecule has 6 heteroatoms. The second-order valence-electron chi connectivity index (χ2n) is 5.74. The highest BCUT2D eigenvalue weighted by molar-refractivity contribution is 7.33. The molecule has 1 aliphatic rings. The number of aryl methyl sites for hydroxylation is 1. The predicted molar refractivity (Wildman–Crippen MR) is 88.1 cm³/mol. The van der Waals surface area contributed by atoms with Gasteiger partial charge in [-0.15, -0.1) is 0 Å². The zero-order valence-corrected chi connectivity index (χ0v) is 13.6. The lowest BCUT2D eigenvalue weighted by Crippen LogP contribution is -2.54. The van der Waals surface area contributed by atoms with Crippen LogP contribution in [0.4, 0.5) is 0 Å². The standard InChI is InChI=1S/C17H21O5S/c1-10-5-2-3-6-11(10)13-7-4-8-23(13)17-16(21)15(20)14(19)12(9-18)22-17/h2-8,12,14-21H,9H2,1H3/q+1/t12-,14-,15+,16-,17+,23?/m1/s1. The Bertz CT molecular complexity index is 669. The van der Waals surface area contributed by atoms with E-state index >= 15 is 0 Å². The molecule has 2 heterocycles. The first-order chi connectivity index (χ1) is 11.0. The molecule has 0 saturated carbocycles. The van der Waals surface area contributed by atoms with Crippen LogP contribution in [-0.2, 0) is 4.74 Å². The third-order valence-corrected chi connectivity index (χ3v) is 6.44. The first-order valence-corrected chi connectivity index (χ1v) is 8.86. The van der Waals surface area contributed by atoms with Gasteiger partial charge in [0.2, 0.25) is 0 Å². The maximum Gasteiger partial charge on any atom is 0.268 e. The molecule has 4 N–H and O–H groups in total. The number of hydrogen-bond donors (Lipinski definition) is 4. The van der Waals surface area contributed by atoms with Crippen LogP contribution in [-0.4, -0.2) is 51.4 Å². The van der Waals surface area contributed by atoms with Crippen molar-refractivity contribution < 1.29 is 25.2 Å². The molecule has 1 aromatic carbocycles. The van der Waals surface area contributed by atoms with Gasteiger partial charge in [-0.05, 0) is 24.6 Å². The van der Waals surface area contributed by atoms with Gasteiger partial charge in [-0.1, -0.05) is 18.2 Å². The van der Waals surface area contributed by atoms with Gasteiger partial charge in [-0.2, -0.15) is 0 Å². The van der Waals surface area contributed by atoms with Gasteiger partial charge in [0.15, 0.2) is 11.0 Å². The van der Waals surface area contributed by atoms with Crippen LogP contribution in [0, 0.1) is 6.92 Å². The molecule has 5 nitrogen and oxygen atoms in total. The molecule has 0 spiro atoms. The van der Waals surface area contributed by atoms with E-state index in [-0.39, 0.29) is 0 Å². The Balaban J connectivity index is 2.00. The van der Waals surface area contributed by atoms with Crippen LogP contribution in [0.1, 0.15) is 11.0 Å². The van der Waals surface area contributed by atoms with Crippen molar-refractivity contribution in [2.24, 2.45) is 0 Å². The highest BCUT2D eigenvalue weighted by Gasteiger charge is 2.49. The Morgan fingerprint density at radius 2 is 1.74 bits per heavy atom. The number of ether oxygens (including phenoxy) is 1. The largest absolute Gasteiger partial charge is 0.394 e. The van der Waals surface area contributed by atoms with Crippen molar-refractivity contribution in [1.29, 1.82) is 0 Å². The lowest BCUT2D eigenvalue weighted by molar-refractivity contribution is -0.218. The van der Waals surface area contributed by atoms with Crippen LogP contribution in [0.15, 0.2) is 41.8 Å². The molecule has 6 atom stereocenters. The van der Waals surface area contributed by atoms with E-state index in [1.54, 1.807) is 0 Å². The zero-order chi connectivity index (χ0) is 16.6. The Morgan fingerprint density at radius 1 is 1.00 bits per heavy atom. The lowest BCUT2D eigenvalue weighted by Gasteiger charge is -2.36. The van der Waals surface area contributed by atoms with Crippen molar-refractivity contribution in [1.82, 2.24) is 0 Å². The molecule has 2 aromatic rings. The normalized spacial score (nSPS) is 32.0. The number of thiophene rings is 1. The molecular weight excluding hydrogens is 316 g/mol. The molecule has 0 radical (unpaired) electrons. The smallest absolute Gasteiger partial charge is 0.268 e. The van der Waals surface area contributed by atoms with Crippen LogP contribution in [0.3, 0.4) is 0 Å². The second kappa shape index (κ2) is 6.68. The average Bonchev–Trinajstić information content (AvgIpc) is 3.02. The van der Waals surface area contributed by atoms with Gasteiger partial charge in [-0.25, -0.2) is 0 Å². The molecule has 3 rings (SSSR count). The molecule has 1 saturated heterocycles. The number of benzene rings is 1. The predicted octanol–water partition coefficient (Wildman–Crippen LogP) is 1.38. The molecule has 1 unspecified atom stereocenters. The van der Waals surface area contributed by atoms with E-state index in [0.29, 0.717) is 0 Å². The molecule has 1 aliphatic heterocycles. The van der Waals surface area contributed by atoms with Crippen LogP contribution in [0.5, 0.6) is 0 Å². The fourth-order valence-electron chi connectivity index (χ4n) is 2.91. The summed E-state index contributed by atoms with van der Waals surface area (Å²) in [6.07, 6.45) is -4.76. The van der Waals surface area contributed by atoms with Crippen molar-refractivity contribution in [3.05, 3.63) is 47.3 Å². The fourth-order valence-corrected chi connectivity index (χ4v) is 5.15. The van der Waals surface area contributed by atoms with Gasteiger partial charge in [0, 0.05) is 22.1 Å². The van der Waals surface area contributed by atoms with Gasteiger partial charge in [0.05, 0.1) is 6.61 Å². The maximum atomic E-state index is 10.3. The fraction of sp³-hybridized carbons (Fsp3) is 0.412. The molecule has 124 valence electrons. The lowest BCUT2D eigenvalue weighted by atomic mass is 10.0. The quantitative estimate of drug-likeness (QED) is 0.636. The van der Waals surface area contributed by atoms with E-state index in [1.165, 1.54) is 0 Å².